The molecule has 0 amide bonds. The second-order valence-electron chi connectivity index (χ2n) is 2.93. The molecule has 0 radical (unpaired) electrons. The van der Waals surface area contributed by atoms with Crippen LogP contribution in [0.2, 0.25) is 0 Å². The second-order valence-corrected chi connectivity index (χ2v) is 2.93. The summed E-state index contributed by atoms with van der Waals surface area (Å²) in [6, 6.07) is 4.80. The lowest BCUT2D eigenvalue weighted by Crippen LogP contribution is -2.20. The van der Waals surface area contributed by atoms with Crippen molar-refractivity contribution >= 4 is 11.7 Å². The van der Waals surface area contributed by atoms with Gasteiger partial charge in [0.2, 0.25) is 0 Å². The molecule has 0 aliphatic heterocycles. The number of hydrogen-bond donors (Lipinski definition) is 1. The summed E-state index contributed by atoms with van der Waals surface area (Å²) in [6.45, 7) is 1.72. The highest BCUT2D eigenvalue weighted by atomic mass is 16.9. The van der Waals surface area contributed by atoms with Crippen LogP contribution in [0.5, 0.6) is 0 Å². The fourth-order valence-electron chi connectivity index (χ4n) is 1.29. The molecule has 0 atom stereocenters. The maximum Gasteiger partial charge on any atom is 0.335 e. The number of hydrogen-bond acceptors (Lipinski definition) is 4. The van der Waals surface area contributed by atoms with Gasteiger partial charge in [0.05, 0.1) is 25.5 Å². The number of aryl methyl sites for hydroxylation is 1. The molecule has 0 bridgehead atoms. The molecule has 1 rings (SSSR count). The molecule has 0 fully saturated rings. The molecular weight excluding hydrogens is 198 g/mol. The monoisotopic (exact) mass is 211 g/mol. The molecule has 1 aromatic rings. The molecule has 0 aliphatic rings. The van der Waals surface area contributed by atoms with Crippen molar-refractivity contribution in [3.63, 3.8) is 0 Å². The zero-order chi connectivity index (χ0) is 11.4. The minimum Gasteiger partial charge on any atom is -0.478 e. The smallest absolute Gasteiger partial charge is 0.335 e. The summed E-state index contributed by atoms with van der Waals surface area (Å²) < 4.78 is 0. The molecule has 0 spiro atoms. The summed E-state index contributed by atoms with van der Waals surface area (Å²) in [6.07, 6.45) is 0. The molecule has 0 saturated heterocycles. The van der Waals surface area contributed by atoms with Gasteiger partial charge in [-0.3, -0.25) is 9.68 Å². The number of carboxylic acid groups (broad SMARTS) is 1. The van der Waals surface area contributed by atoms with Crippen molar-refractivity contribution in [3.05, 3.63) is 29.3 Å². The first-order valence-corrected chi connectivity index (χ1v) is 4.32. The standard InChI is InChI=1S/C10H13NO4/c1-7-6-8(11(14-2)15-3)4-5-9(7)10(12)13/h4-6H,1-3H3,(H,12,13). The minimum atomic E-state index is -0.944. The molecule has 0 aliphatic carbocycles. The second kappa shape index (κ2) is 4.77. The van der Waals surface area contributed by atoms with Gasteiger partial charge in [0.15, 0.2) is 0 Å². The third-order valence-electron chi connectivity index (χ3n) is 1.98. The average molecular weight is 211 g/mol. The van der Waals surface area contributed by atoms with E-state index in [9.17, 15) is 4.79 Å². The van der Waals surface area contributed by atoms with Crippen molar-refractivity contribution in [1.29, 1.82) is 0 Å². The molecule has 0 aromatic heterocycles. The van der Waals surface area contributed by atoms with Crippen molar-refractivity contribution in [2.45, 2.75) is 6.92 Å². The van der Waals surface area contributed by atoms with Crippen molar-refractivity contribution in [2.75, 3.05) is 19.4 Å². The highest BCUT2D eigenvalue weighted by Gasteiger charge is 2.10. The summed E-state index contributed by atoms with van der Waals surface area (Å²) in [4.78, 5) is 20.6. The van der Waals surface area contributed by atoms with Gasteiger partial charge < -0.3 is 5.11 Å². The number of benzene rings is 1. The number of carboxylic acids is 1. The van der Waals surface area contributed by atoms with E-state index in [-0.39, 0.29) is 5.56 Å². The first-order chi connectivity index (χ1) is 7.10. The van der Waals surface area contributed by atoms with Gasteiger partial charge in [-0.2, -0.15) is 0 Å². The Labute approximate surface area is 87.7 Å². The molecule has 0 saturated carbocycles. The maximum atomic E-state index is 10.8. The minimum absolute atomic E-state index is 0.269. The Hall–Kier alpha value is -1.59. The summed E-state index contributed by atoms with van der Waals surface area (Å²) in [7, 11) is 2.92. The van der Waals surface area contributed by atoms with E-state index in [0.717, 1.165) is 0 Å². The Balaban J connectivity index is 3.05. The highest BCUT2D eigenvalue weighted by molar-refractivity contribution is 5.89. The molecule has 15 heavy (non-hydrogen) atoms. The first kappa shape index (κ1) is 11.5. The van der Waals surface area contributed by atoms with E-state index in [0.29, 0.717) is 11.3 Å². The number of rotatable bonds is 4. The number of carbonyl (C=O) groups is 1. The van der Waals surface area contributed by atoms with Gasteiger partial charge >= 0.3 is 5.97 Å². The van der Waals surface area contributed by atoms with Crippen LogP contribution in [-0.4, -0.2) is 25.3 Å². The van der Waals surface area contributed by atoms with E-state index >= 15 is 0 Å². The van der Waals surface area contributed by atoms with E-state index in [2.05, 4.69) is 0 Å². The number of anilines is 1. The van der Waals surface area contributed by atoms with E-state index in [1.165, 1.54) is 25.5 Å². The summed E-state index contributed by atoms with van der Waals surface area (Å²) >= 11 is 0. The van der Waals surface area contributed by atoms with Crippen molar-refractivity contribution in [3.8, 4) is 0 Å². The molecular formula is C10H13NO4. The number of aromatic carboxylic acids is 1. The first-order valence-electron chi connectivity index (χ1n) is 4.32. The van der Waals surface area contributed by atoms with Gasteiger partial charge in [0, 0.05) is 0 Å². The zero-order valence-corrected chi connectivity index (χ0v) is 8.85. The van der Waals surface area contributed by atoms with Crippen LogP contribution in [0.15, 0.2) is 18.2 Å². The molecule has 0 unspecified atom stereocenters. The van der Waals surface area contributed by atoms with Crippen LogP contribution in [-0.2, 0) is 9.68 Å². The lowest BCUT2D eigenvalue weighted by Gasteiger charge is -2.18. The fraction of sp³-hybridized carbons (Fsp3) is 0.300. The average Bonchev–Trinajstić information content (AvgIpc) is 2.19. The Kier molecular flexibility index (Phi) is 3.65. The molecule has 1 N–H and O–H groups in total. The van der Waals surface area contributed by atoms with Crippen molar-refractivity contribution in [1.82, 2.24) is 0 Å². The van der Waals surface area contributed by atoms with Gasteiger partial charge in [-0.25, -0.2) is 4.79 Å². The Morgan fingerprint density at radius 3 is 2.33 bits per heavy atom. The van der Waals surface area contributed by atoms with E-state index in [4.69, 9.17) is 14.8 Å². The van der Waals surface area contributed by atoms with Crippen LogP contribution in [0.3, 0.4) is 0 Å². The quantitative estimate of drug-likeness (QED) is 0.767. The fourth-order valence-corrected chi connectivity index (χ4v) is 1.29. The predicted molar refractivity (Wildman–Crippen MR) is 54.6 cm³/mol. The van der Waals surface area contributed by atoms with Crippen LogP contribution < -0.4 is 5.23 Å². The maximum absolute atomic E-state index is 10.8. The summed E-state index contributed by atoms with van der Waals surface area (Å²) in [5, 5.41) is 10.0. The normalized spacial score (nSPS) is 10.1. The van der Waals surface area contributed by atoms with Crippen molar-refractivity contribution < 1.29 is 19.6 Å². The van der Waals surface area contributed by atoms with Crippen LogP contribution in [0, 0.1) is 6.92 Å². The third kappa shape index (κ3) is 2.45. The summed E-state index contributed by atoms with van der Waals surface area (Å²) in [5.41, 5.74) is 1.56. The number of nitrogens with zero attached hydrogens (tertiary/aromatic N) is 1. The summed E-state index contributed by atoms with van der Waals surface area (Å²) in [5.74, 6) is -0.944. The third-order valence-corrected chi connectivity index (χ3v) is 1.98. The lowest BCUT2D eigenvalue weighted by molar-refractivity contribution is -0.0433. The zero-order valence-electron chi connectivity index (χ0n) is 8.85. The van der Waals surface area contributed by atoms with Gasteiger partial charge in [0.1, 0.15) is 0 Å². The van der Waals surface area contributed by atoms with Crippen LogP contribution >= 0.6 is 0 Å². The Morgan fingerprint density at radius 2 is 1.93 bits per heavy atom. The Morgan fingerprint density at radius 1 is 1.33 bits per heavy atom. The molecule has 82 valence electrons. The largest absolute Gasteiger partial charge is 0.478 e. The van der Waals surface area contributed by atoms with Gasteiger partial charge in [-0.1, -0.05) is 0 Å². The molecule has 5 heteroatoms. The van der Waals surface area contributed by atoms with E-state index in [1.54, 1.807) is 19.1 Å². The topological polar surface area (TPSA) is 59.0 Å². The molecule has 1 aromatic carbocycles. The molecule has 5 nitrogen and oxygen atoms in total. The van der Waals surface area contributed by atoms with Crippen LogP contribution in [0.25, 0.3) is 0 Å². The lowest BCUT2D eigenvalue weighted by atomic mass is 10.1. The van der Waals surface area contributed by atoms with Crippen LogP contribution in [0.1, 0.15) is 15.9 Å². The van der Waals surface area contributed by atoms with Gasteiger partial charge in [-0.15, -0.1) is 5.23 Å². The van der Waals surface area contributed by atoms with Crippen LogP contribution in [0.4, 0.5) is 5.69 Å². The Bertz CT molecular complexity index is 360. The van der Waals surface area contributed by atoms with Crippen molar-refractivity contribution in [2.24, 2.45) is 0 Å². The molecule has 0 heterocycles. The van der Waals surface area contributed by atoms with Gasteiger partial charge in [0.25, 0.3) is 0 Å². The van der Waals surface area contributed by atoms with E-state index in [1.807, 2.05) is 0 Å². The SMILES string of the molecule is CON(OC)c1ccc(C(=O)O)c(C)c1. The van der Waals surface area contributed by atoms with E-state index < -0.39 is 5.97 Å². The predicted octanol–water partition coefficient (Wildman–Crippen LogP) is 1.62. The highest BCUT2D eigenvalue weighted by Crippen LogP contribution is 2.19. The van der Waals surface area contributed by atoms with Gasteiger partial charge in [-0.05, 0) is 30.7 Å².